The van der Waals surface area contributed by atoms with E-state index in [0.29, 0.717) is 31.6 Å². The van der Waals surface area contributed by atoms with Crippen molar-refractivity contribution < 1.29 is 80.2 Å². The Morgan fingerprint density at radius 3 is 0.817 bits per heavy atom. The van der Waals surface area contributed by atoms with Crippen molar-refractivity contribution in [1.29, 1.82) is 0 Å². The normalized spacial score (nSPS) is 14.4. The van der Waals surface area contributed by atoms with Crippen molar-refractivity contribution in [2.45, 2.75) is 394 Å². The first-order valence-electron chi connectivity index (χ1n) is 38.4. The Morgan fingerprint density at radius 2 is 0.548 bits per heavy atom. The quantitative estimate of drug-likeness (QED) is 0.0222. The second kappa shape index (κ2) is 64.7. The summed E-state index contributed by atoms with van der Waals surface area (Å²) in [5.74, 6) is 0.112. The van der Waals surface area contributed by atoms with Gasteiger partial charge in [-0.1, -0.05) is 325 Å². The fourth-order valence-electron chi connectivity index (χ4n) is 11.2. The molecule has 3 N–H and O–H groups in total. The first kappa shape index (κ1) is 91.1. The fraction of sp³-hybridized carbons (Fsp3) is 0.946. The summed E-state index contributed by atoms with van der Waals surface area (Å²) < 4.78 is 68.4. The monoisotopic (exact) mass is 1370 g/mol. The van der Waals surface area contributed by atoms with Crippen molar-refractivity contribution in [3.63, 3.8) is 0 Å². The van der Waals surface area contributed by atoms with Gasteiger partial charge in [-0.15, -0.1) is 0 Å². The van der Waals surface area contributed by atoms with Crippen LogP contribution in [-0.4, -0.2) is 96.7 Å². The van der Waals surface area contributed by atoms with Gasteiger partial charge in [0.05, 0.1) is 26.4 Å². The minimum Gasteiger partial charge on any atom is -0.462 e. The molecule has 0 fully saturated rings. The van der Waals surface area contributed by atoms with Crippen molar-refractivity contribution in [2.24, 2.45) is 17.8 Å². The lowest BCUT2D eigenvalue weighted by Crippen LogP contribution is -2.30. The van der Waals surface area contributed by atoms with Crippen molar-refractivity contribution in [3.05, 3.63) is 0 Å². The Kier molecular flexibility index (Phi) is 63.4. The van der Waals surface area contributed by atoms with Crippen LogP contribution in [-0.2, 0) is 65.4 Å². The molecular formula is C74H144O17P2. The standard InChI is InChI=1S/C74H144O17P2/c1-8-10-11-12-13-14-15-16-17-18-21-24-27-33-41-48-55-71(76)84-61-69(90-73(78)57-50-43-34-28-25-22-19-20-23-26-31-38-45-52-65(3)4)63-88-92(80,81)86-59-68(75)60-87-93(82,83)89-64-70(62-85-72(77)56-49-42-37-36-39-46-53-66(5)6)91-74(79)58-51-44-35-30-29-32-40-47-54-67(7)9-2/h65-70,75H,8-64H2,1-7H3,(H,80,81)(H,82,83)/t67?,68-,69-,70-/m1/s1. The SMILES string of the molecule is CCCCCCCCCCCCCCCCCCC(=O)OC[C@H](COP(=O)(O)OC[C@@H](O)COP(=O)(O)OC[C@@H](COC(=O)CCCCCCCCC(C)C)OC(=O)CCCCCCCCCCC(C)CC)OC(=O)CCCCCCCCCCCCCCCC(C)C. The smallest absolute Gasteiger partial charge is 0.462 e. The number of hydrogen-bond acceptors (Lipinski definition) is 15. The Morgan fingerprint density at radius 1 is 0.312 bits per heavy atom. The fourth-order valence-corrected chi connectivity index (χ4v) is 12.8. The molecule has 0 aromatic rings. The van der Waals surface area contributed by atoms with Crippen LogP contribution in [0.2, 0.25) is 0 Å². The van der Waals surface area contributed by atoms with E-state index in [1.807, 2.05) is 0 Å². The molecule has 0 rings (SSSR count). The summed E-state index contributed by atoms with van der Waals surface area (Å²) in [6.07, 6.45) is 50.0. The Hall–Kier alpha value is -1.94. The average molecular weight is 1370 g/mol. The third kappa shape index (κ3) is 67.0. The lowest BCUT2D eigenvalue weighted by atomic mass is 9.99. The molecule has 19 heteroatoms. The molecule has 0 bridgehead atoms. The molecule has 0 aliphatic rings. The summed E-state index contributed by atoms with van der Waals surface area (Å²) >= 11 is 0. The van der Waals surface area contributed by atoms with Crippen molar-refractivity contribution in [3.8, 4) is 0 Å². The van der Waals surface area contributed by atoms with Gasteiger partial charge in [0.15, 0.2) is 12.2 Å². The summed E-state index contributed by atoms with van der Waals surface area (Å²) in [6.45, 7) is 11.8. The number of phosphoric acid groups is 2. The molecule has 3 unspecified atom stereocenters. The van der Waals surface area contributed by atoms with Gasteiger partial charge in [-0.2, -0.15) is 0 Å². The topological polar surface area (TPSA) is 237 Å². The van der Waals surface area contributed by atoms with Crippen LogP contribution >= 0.6 is 15.6 Å². The van der Waals surface area contributed by atoms with Gasteiger partial charge < -0.3 is 33.8 Å². The largest absolute Gasteiger partial charge is 0.472 e. The van der Waals surface area contributed by atoms with Crippen LogP contribution in [0.1, 0.15) is 376 Å². The van der Waals surface area contributed by atoms with Gasteiger partial charge in [-0.25, -0.2) is 9.13 Å². The summed E-state index contributed by atoms with van der Waals surface area (Å²) in [5, 5.41) is 10.6. The maximum Gasteiger partial charge on any atom is 0.472 e. The lowest BCUT2D eigenvalue weighted by Gasteiger charge is -2.21. The number of esters is 4. The maximum atomic E-state index is 13.1. The van der Waals surface area contributed by atoms with Crippen molar-refractivity contribution in [2.75, 3.05) is 39.6 Å². The second-order valence-electron chi connectivity index (χ2n) is 27.9. The third-order valence-corrected chi connectivity index (χ3v) is 19.4. The van der Waals surface area contributed by atoms with Crippen LogP contribution in [0.15, 0.2) is 0 Å². The number of unbranched alkanes of at least 4 members (excludes halogenated alkanes) is 39. The lowest BCUT2D eigenvalue weighted by molar-refractivity contribution is -0.161. The Balaban J connectivity index is 5.24. The summed E-state index contributed by atoms with van der Waals surface area (Å²) in [7, 11) is -9.91. The molecule has 0 radical (unpaired) electrons. The van der Waals surface area contributed by atoms with Gasteiger partial charge >= 0.3 is 39.5 Å². The van der Waals surface area contributed by atoms with E-state index in [9.17, 15) is 43.2 Å². The Labute approximate surface area is 568 Å². The molecule has 0 aliphatic heterocycles. The number of aliphatic hydroxyl groups excluding tert-OH is 1. The summed E-state index contributed by atoms with van der Waals surface area (Å²) in [4.78, 5) is 72.7. The molecule has 17 nitrogen and oxygen atoms in total. The molecule has 0 saturated heterocycles. The van der Waals surface area contributed by atoms with E-state index in [4.69, 9.17) is 37.0 Å². The molecule has 0 spiro atoms. The van der Waals surface area contributed by atoms with E-state index in [2.05, 4.69) is 48.5 Å². The molecule has 6 atom stereocenters. The highest BCUT2D eigenvalue weighted by Crippen LogP contribution is 2.45. The van der Waals surface area contributed by atoms with Gasteiger partial charge in [0.2, 0.25) is 0 Å². The van der Waals surface area contributed by atoms with Crippen molar-refractivity contribution >= 4 is 39.5 Å². The molecule has 0 aliphatic carbocycles. The van der Waals surface area contributed by atoms with Gasteiger partial charge in [-0.3, -0.25) is 37.3 Å². The highest BCUT2D eigenvalue weighted by Gasteiger charge is 2.30. The zero-order valence-electron chi connectivity index (χ0n) is 60.7. The number of carbonyl (C=O) groups is 4. The van der Waals surface area contributed by atoms with Crippen LogP contribution < -0.4 is 0 Å². The van der Waals surface area contributed by atoms with E-state index in [0.717, 1.165) is 108 Å². The van der Waals surface area contributed by atoms with E-state index in [1.165, 1.54) is 180 Å². The van der Waals surface area contributed by atoms with Crippen LogP contribution in [0.3, 0.4) is 0 Å². The molecule has 552 valence electrons. The van der Waals surface area contributed by atoms with E-state index in [1.54, 1.807) is 0 Å². The van der Waals surface area contributed by atoms with Gasteiger partial charge in [-0.05, 0) is 43.4 Å². The molecule has 0 aromatic carbocycles. The average Bonchev–Trinajstić information content (AvgIpc) is 2.26. The zero-order valence-corrected chi connectivity index (χ0v) is 62.5. The first-order valence-corrected chi connectivity index (χ1v) is 41.4. The Bertz CT molecular complexity index is 1820. The van der Waals surface area contributed by atoms with E-state index >= 15 is 0 Å². The van der Waals surface area contributed by atoms with Crippen LogP contribution in [0.5, 0.6) is 0 Å². The molecule has 0 amide bonds. The molecule has 0 saturated carbocycles. The zero-order chi connectivity index (χ0) is 68.7. The number of carbonyl (C=O) groups excluding carboxylic acids is 4. The minimum absolute atomic E-state index is 0.104. The predicted molar refractivity (Wildman–Crippen MR) is 377 cm³/mol. The van der Waals surface area contributed by atoms with E-state index in [-0.39, 0.29) is 25.7 Å². The highest BCUT2D eigenvalue weighted by atomic mass is 31.2. The van der Waals surface area contributed by atoms with E-state index < -0.39 is 97.5 Å². The second-order valence-corrected chi connectivity index (χ2v) is 30.8. The summed E-state index contributed by atoms with van der Waals surface area (Å²) in [6, 6.07) is 0. The minimum atomic E-state index is -4.96. The highest BCUT2D eigenvalue weighted by molar-refractivity contribution is 7.47. The molecule has 93 heavy (non-hydrogen) atoms. The number of rotatable bonds is 72. The van der Waals surface area contributed by atoms with Crippen LogP contribution in [0.25, 0.3) is 0 Å². The number of hydrogen-bond donors (Lipinski definition) is 3. The van der Waals surface area contributed by atoms with Crippen LogP contribution in [0, 0.1) is 17.8 Å². The molecule has 0 heterocycles. The van der Waals surface area contributed by atoms with Gasteiger partial charge in [0.1, 0.15) is 19.3 Å². The first-order chi connectivity index (χ1) is 44.8. The number of aliphatic hydroxyl groups is 1. The maximum absolute atomic E-state index is 13.1. The van der Waals surface area contributed by atoms with Crippen molar-refractivity contribution in [1.82, 2.24) is 0 Å². The number of ether oxygens (including phenoxy) is 4. The molecular weight excluding hydrogens is 1220 g/mol. The summed E-state index contributed by atoms with van der Waals surface area (Å²) in [5.41, 5.74) is 0. The third-order valence-electron chi connectivity index (χ3n) is 17.5. The predicted octanol–water partition coefficient (Wildman–Crippen LogP) is 21.4. The van der Waals surface area contributed by atoms with Gasteiger partial charge in [0.25, 0.3) is 0 Å². The van der Waals surface area contributed by atoms with Gasteiger partial charge in [0, 0.05) is 25.7 Å². The number of phosphoric ester groups is 2. The molecule has 0 aromatic heterocycles. The van der Waals surface area contributed by atoms with Crippen LogP contribution in [0.4, 0.5) is 0 Å².